The molecule has 1 aromatic carbocycles. The maximum Gasteiger partial charge on any atom is 0.263 e. The molecule has 0 fully saturated rings. The second-order valence-corrected chi connectivity index (χ2v) is 6.35. The molecule has 1 amide bonds. The van der Waals surface area contributed by atoms with Gasteiger partial charge in [-0.3, -0.25) is 4.79 Å². The number of halogens is 1. The number of thiophene rings is 1. The van der Waals surface area contributed by atoms with Gasteiger partial charge in [-0.05, 0) is 42.6 Å². The van der Waals surface area contributed by atoms with Crippen molar-refractivity contribution < 1.29 is 18.4 Å². The maximum absolute atomic E-state index is 12.9. The van der Waals surface area contributed by atoms with Crippen LogP contribution in [0.5, 0.6) is 5.75 Å². The number of hydrogen-bond donors (Lipinski definition) is 0. The molecule has 0 aliphatic carbocycles. The number of carbonyl (C=O) groups is 1. The number of amides is 1. The predicted molar refractivity (Wildman–Crippen MR) is 90.6 cm³/mol. The Morgan fingerprint density at radius 2 is 2.12 bits per heavy atom. The molecule has 0 N–H and O–H groups in total. The molecule has 6 nitrogen and oxygen atoms in total. The lowest BCUT2D eigenvalue weighted by Crippen LogP contribution is -2.37. The molecule has 25 heavy (non-hydrogen) atoms. The lowest BCUT2D eigenvalue weighted by molar-refractivity contribution is -0.137. The molecule has 0 spiro atoms. The molecule has 130 valence electrons. The molecule has 3 rings (SSSR count). The standard InChI is InChI=1S/C17H16FN3O3S/c1-11(23-13-7-5-12(18)6-8-13)17(22)21(2)10-15-19-16(20-24-15)14-4-3-9-25-14/h3-9,11H,10H2,1-2H3/t11-/m0/s1. The van der Waals surface area contributed by atoms with E-state index in [0.717, 1.165) is 4.88 Å². The summed E-state index contributed by atoms with van der Waals surface area (Å²) in [6.45, 7) is 1.81. The summed E-state index contributed by atoms with van der Waals surface area (Å²) >= 11 is 1.51. The maximum atomic E-state index is 12.9. The van der Waals surface area contributed by atoms with Crippen LogP contribution in [0.2, 0.25) is 0 Å². The lowest BCUT2D eigenvalue weighted by Gasteiger charge is -2.20. The van der Waals surface area contributed by atoms with Crippen molar-refractivity contribution in [3.05, 3.63) is 53.5 Å². The SMILES string of the molecule is C[C@H](Oc1ccc(F)cc1)C(=O)N(C)Cc1nc(-c2cccs2)no1. The molecule has 0 radical (unpaired) electrons. The van der Waals surface area contributed by atoms with E-state index in [1.54, 1.807) is 14.0 Å². The van der Waals surface area contributed by atoms with Crippen molar-refractivity contribution in [1.82, 2.24) is 15.0 Å². The van der Waals surface area contributed by atoms with Crippen LogP contribution in [0.25, 0.3) is 10.7 Å². The van der Waals surface area contributed by atoms with Crippen LogP contribution in [0.1, 0.15) is 12.8 Å². The van der Waals surface area contributed by atoms with Gasteiger partial charge in [0.1, 0.15) is 11.6 Å². The molecule has 2 heterocycles. The van der Waals surface area contributed by atoms with E-state index in [9.17, 15) is 9.18 Å². The molecular formula is C17H16FN3O3S. The van der Waals surface area contributed by atoms with E-state index >= 15 is 0 Å². The van der Waals surface area contributed by atoms with Crippen LogP contribution < -0.4 is 4.74 Å². The summed E-state index contributed by atoms with van der Waals surface area (Å²) in [6.07, 6.45) is -0.727. The number of carbonyl (C=O) groups excluding carboxylic acids is 1. The van der Waals surface area contributed by atoms with Gasteiger partial charge in [-0.25, -0.2) is 4.39 Å². The molecule has 0 saturated carbocycles. The summed E-state index contributed by atoms with van der Waals surface area (Å²) in [5, 5.41) is 5.84. The fourth-order valence-corrected chi connectivity index (χ4v) is 2.83. The van der Waals surface area contributed by atoms with Crippen molar-refractivity contribution in [3.8, 4) is 16.5 Å². The average Bonchev–Trinajstić information content (AvgIpc) is 3.27. The van der Waals surface area contributed by atoms with E-state index in [0.29, 0.717) is 17.5 Å². The van der Waals surface area contributed by atoms with Crippen LogP contribution >= 0.6 is 11.3 Å². The Labute approximate surface area is 147 Å². The smallest absolute Gasteiger partial charge is 0.263 e. The van der Waals surface area contributed by atoms with Gasteiger partial charge in [-0.1, -0.05) is 11.2 Å². The number of nitrogens with zero attached hydrogens (tertiary/aromatic N) is 3. The predicted octanol–water partition coefficient (Wildman–Crippen LogP) is 3.36. The van der Waals surface area contributed by atoms with Crippen LogP contribution in [0.4, 0.5) is 4.39 Å². The number of ether oxygens (including phenoxy) is 1. The third kappa shape index (κ3) is 4.21. The van der Waals surface area contributed by atoms with E-state index in [2.05, 4.69) is 10.1 Å². The van der Waals surface area contributed by atoms with Crippen LogP contribution in [-0.4, -0.2) is 34.1 Å². The molecule has 0 saturated heterocycles. The van der Waals surface area contributed by atoms with Crippen LogP contribution in [0.15, 0.2) is 46.3 Å². The molecule has 2 aromatic heterocycles. The Balaban J connectivity index is 1.59. The first kappa shape index (κ1) is 17.1. The van der Waals surface area contributed by atoms with E-state index in [1.165, 1.54) is 40.5 Å². The van der Waals surface area contributed by atoms with E-state index in [-0.39, 0.29) is 18.3 Å². The third-order valence-corrected chi connectivity index (χ3v) is 4.30. The normalized spacial score (nSPS) is 12.0. The Hall–Kier alpha value is -2.74. The van der Waals surface area contributed by atoms with Gasteiger partial charge in [-0.2, -0.15) is 4.98 Å². The quantitative estimate of drug-likeness (QED) is 0.673. The second kappa shape index (κ2) is 7.43. The summed E-state index contributed by atoms with van der Waals surface area (Å²) in [6, 6.07) is 9.31. The summed E-state index contributed by atoms with van der Waals surface area (Å²) < 4.78 is 23.6. The molecular weight excluding hydrogens is 345 g/mol. The molecule has 0 bridgehead atoms. The Morgan fingerprint density at radius 1 is 1.36 bits per heavy atom. The second-order valence-electron chi connectivity index (χ2n) is 5.40. The van der Waals surface area contributed by atoms with Crippen molar-refractivity contribution in [1.29, 1.82) is 0 Å². The minimum atomic E-state index is -0.727. The first-order chi connectivity index (χ1) is 12.0. The summed E-state index contributed by atoms with van der Waals surface area (Å²) in [7, 11) is 1.63. The molecule has 3 aromatic rings. The molecule has 8 heteroatoms. The third-order valence-electron chi connectivity index (χ3n) is 3.43. The largest absolute Gasteiger partial charge is 0.481 e. The summed E-state index contributed by atoms with van der Waals surface area (Å²) in [5.74, 6) is 0.657. The zero-order valence-corrected chi connectivity index (χ0v) is 14.5. The fraction of sp³-hybridized carbons (Fsp3) is 0.235. The Bertz CT molecular complexity index is 833. The van der Waals surface area contributed by atoms with Crippen molar-refractivity contribution in [2.75, 3.05) is 7.05 Å². The molecule has 0 aliphatic heterocycles. The van der Waals surface area contributed by atoms with E-state index in [4.69, 9.17) is 9.26 Å². The van der Waals surface area contributed by atoms with Gasteiger partial charge in [-0.15, -0.1) is 11.3 Å². The Kier molecular flexibility index (Phi) is 5.08. The van der Waals surface area contributed by atoms with Crippen molar-refractivity contribution in [3.63, 3.8) is 0 Å². The monoisotopic (exact) mass is 361 g/mol. The van der Waals surface area contributed by atoms with E-state index < -0.39 is 6.10 Å². The van der Waals surface area contributed by atoms with Gasteiger partial charge in [0, 0.05) is 7.05 Å². The Morgan fingerprint density at radius 3 is 2.80 bits per heavy atom. The highest BCUT2D eigenvalue weighted by Crippen LogP contribution is 2.21. The van der Waals surface area contributed by atoms with Gasteiger partial charge < -0.3 is 14.2 Å². The van der Waals surface area contributed by atoms with Gasteiger partial charge in [0.2, 0.25) is 11.7 Å². The van der Waals surface area contributed by atoms with Crippen LogP contribution in [0.3, 0.4) is 0 Å². The molecule has 0 aliphatic rings. The van der Waals surface area contributed by atoms with Gasteiger partial charge >= 0.3 is 0 Å². The summed E-state index contributed by atoms with van der Waals surface area (Å²) in [4.78, 5) is 19.0. The fourth-order valence-electron chi connectivity index (χ4n) is 2.18. The highest BCUT2D eigenvalue weighted by Gasteiger charge is 2.21. The van der Waals surface area contributed by atoms with Gasteiger partial charge in [0.25, 0.3) is 5.91 Å². The highest BCUT2D eigenvalue weighted by molar-refractivity contribution is 7.13. The van der Waals surface area contributed by atoms with Crippen molar-refractivity contribution >= 4 is 17.2 Å². The number of likely N-dealkylation sites (N-methyl/N-ethyl adjacent to an activating group) is 1. The summed E-state index contributed by atoms with van der Waals surface area (Å²) in [5.41, 5.74) is 0. The lowest BCUT2D eigenvalue weighted by atomic mass is 10.3. The molecule has 0 unspecified atom stereocenters. The first-order valence-corrected chi connectivity index (χ1v) is 8.44. The van der Waals surface area contributed by atoms with E-state index in [1.807, 2.05) is 17.5 Å². The first-order valence-electron chi connectivity index (χ1n) is 7.56. The minimum Gasteiger partial charge on any atom is -0.481 e. The average molecular weight is 361 g/mol. The van der Waals surface area contributed by atoms with Crippen molar-refractivity contribution in [2.45, 2.75) is 19.6 Å². The number of hydrogen-bond acceptors (Lipinski definition) is 6. The number of benzene rings is 1. The zero-order chi connectivity index (χ0) is 17.8. The number of aromatic nitrogens is 2. The zero-order valence-electron chi connectivity index (χ0n) is 13.7. The minimum absolute atomic E-state index is 0.175. The highest BCUT2D eigenvalue weighted by atomic mass is 32.1. The molecule has 1 atom stereocenters. The number of rotatable bonds is 6. The van der Waals surface area contributed by atoms with Gasteiger partial charge in [0.05, 0.1) is 11.4 Å². The van der Waals surface area contributed by atoms with Crippen LogP contribution in [-0.2, 0) is 11.3 Å². The topological polar surface area (TPSA) is 68.5 Å². The van der Waals surface area contributed by atoms with Crippen molar-refractivity contribution in [2.24, 2.45) is 0 Å². The van der Waals surface area contributed by atoms with Crippen LogP contribution in [0, 0.1) is 5.82 Å². The van der Waals surface area contributed by atoms with Gasteiger partial charge in [0.15, 0.2) is 6.10 Å².